The highest BCUT2D eigenvalue weighted by Crippen LogP contribution is 2.34. The van der Waals surface area contributed by atoms with Crippen LogP contribution in [-0.4, -0.2) is 162 Å². The van der Waals surface area contributed by atoms with Gasteiger partial charge < -0.3 is 60.7 Å². The van der Waals surface area contributed by atoms with E-state index in [0.717, 1.165) is 16.7 Å². The summed E-state index contributed by atoms with van der Waals surface area (Å²) in [5.41, 5.74) is 25.2. The average Bonchev–Trinajstić information content (AvgIpc) is 4.39. The van der Waals surface area contributed by atoms with Crippen molar-refractivity contribution in [2.75, 3.05) is 62.9 Å². The molecule has 2 aliphatic rings. The monoisotopic (exact) mass is 1140 g/mol. The van der Waals surface area contributed by atoms with Gasteiger partial charge in [-0.15, -0.1) is 11.8 Å². The van der Waals surface area contributed by atoms with Crippen LogP contribution >= 0.6 is 11.8 Å². The van der Waals surface area contributed by atoms with E-state index < -0.39 is 52.7 Å². The van der Waals surface area contributed by atoms with Gasteiger partial charge in [0.1, 0.15) is 34.3 Å². The second-order valence-corrected chi connectivity index (χ2v) is 19.5. The lowest BCUT2D eigenvalue weighted by Crippen LogP contribution is -2.55. The Labute approximate surface area is 469 Å². The van der Waals surface area contributed by atoms with E-state index in [4.69, 9.17) is 51.7 Å². The van der Waals surface area contributed by atoms with Crippen molar-refractivity contribution in [3.8, 4) is 11.5 Å². The van der Waals surface area contributed by atoms with Crippen LogP contribution < -0.4 is 43.0 Å². The molecule has 81 heavy (non-hydrogen) atoms. The van der Waals surface area contributed by atoms with Crippen LogP contribution in [0.5, 0.6) is 11.5 Å². The zero-order chi connectivity index (χ0) is 59.2. The number of aliphatic carboxylic acids is 1. The highest BCUT2D eigenvalue weighted by Gasteiger charge is 2.40. The number of hydrogen-bond acceptors (Lipinski definition) is 19. The lowest BCUT2D eigenvalue weighted by atomic mass is 10.1. The quantitative estimate of drug-likeness (QED) is 0.0172. The van der Waals surface area contributed by atoms with Gasteiger partial charge in [0.05, 0.1) is 48.4 Å². The molecule has 2 atom stereocenters. The summed E-state index contributed by atoms with van der Waals surface area (Å²) in [7, 11) is 1.41. The van der Waals surface area contributed by atoms with Crippen molar-refractivity contribution < 1.29 is 62.1 Å². The number of hydrogen-bond donors (Lipinski definition) is 7. The number of imidazole rings is 2. The number of ether oxygens (including phenoxy) is 3. The molecule has 0 radical (unpaired) electrons. The van der Waals surface area contributed by atoms with E-state index in [-0.39, 0.29) is 126 Å². The summed E-state index contributed by atoms with van der Waals surface area (Å²) in [6.07, 6.45) is 5.26. The van der Waals surface area contributed by atoms with Gasteiger partial charge in [-0.25, -0.2) is 15.0 Å². The maximum Gasteiger partial charge on any atom is 0.321 e. The summed E-state index contributed by atoms with van der Waals surface area (Å²) in [4.78, 5) is 122. The molecule has 11 N–H and O–H groups in total. The lowest BCUT2D eigenvalue weighted by Gasteiger charge is -2.39. The normalized spacial score (nSPS) is 15.2. The third kappa shape index (κ3) is 15.0. The first kappa shape index (κ1) is 61.6. The van der Waals surface area contributed by atoms with E-state index in [9.17, 15) is 38.4 Å². The van der Waals surface area contributed by atoms with Gasteiger partial charge in [0.15, 0.2) is 5.89 Å². The predicted molar refractivity (Wildman–Crippen MR) is 301 cm³/mol. The third-order valence-corrected chi connectivity index (χ3v) is 13.8. The van der Waals surface area contributed by atoms with Crippen LogP contribution in [0.3, 0.4) is 0 Å². The molecule has 2 aromatic carbocycles. The summed E-state index contributed by atoms with van der Waals surface area (Å²) in [6, 6.07) is 4.70. The van der Waals surface area contributed by atoms with Crippen LogP contribution in [0.2, 0.25) is 0 Å². The Bertz CT molecular complexity index is 3300. The number of fused-ring (bicyclic) bond motifs is 2. The molecule has 5 heterocycles. The standard InChI is InChI=1S/C51H62N14O13S.C2H6/c1-6-32-43(78-27(4)57-32)47(71)61-51-59-34-19-29(45(55)69)21-37(77-16-10-15-76-30-23-62(24-30)39(66)11-14-63-40(67)22-38(48(63)72)79-25-31(53)49(73)74)42(34)65(51)13-9-8-12-64-41-33(18-28(44(54)68)20-36(41)75-5)58-50(64)60-46(70)35(56-7-2)17-26(3)52;1-2/h8-9,17-21,30-31,38H,6-7,10-16,22-25,52-53H2,1-5H3,(H2,54,68)(H2,55,69)(H,73,74)(H,58,60,70)(H,59,61,71);1-2H3/b9-8+,26-17-,56-35?;. The van der Waals surface area contributed by atoms with Gasteiger partial charge in [0, 0.05) is 88.0 Å². The smallest absolute Gasteiger partial charge is 0.321 e. The molecular weight excluding hydrogens is 1070 g/mol. The number of nitrogens with zero attached hydrogens (tertiary/aromatic N) is 8. The van der Waals surface area contributed by atoms with Crippen molar-refractivity contribution in [1.29, 1.82) is 0 Å². The Balaban J connectivity index is 0.00000522. The highest BCUT2D eigenvalue weighted by molar-refractivity contribution is 8.00. The molecule has 7 amide bonds. The number of primary amides is 2. The maximum atomic E-state index is 13.9. The van der Waals surface area contributed by atoms with Crippen molar-refractivity contribution in [1.82, 2.24) is 33.9 Å². The molecule has 2 fully saturated rings. The average molecular weight is 1140 g/mol. The number of carbonyl (C=O) groups excluding carboxylic acids is 7. The van der Waals surface area contributed by atoms with Crippen LogP contribution in [-0.2, 0) is 48.2 Å². The number of allylic oxidation sites excluding steroid dienone is 3. The number of aryl methyl sites for hydroxylation is 2. The van der Waals surface area contributed by atoms with Gasteiger partial charge in [-0.05, 0) is 50.6 Å². The topological polar surface area (TPSA) is 393 Å². The third-order valence-electron chi connectivity index (χ3n) is 12.5. The second-order valence-electron chi connectivity index (χ2n) is 18.3. The number of methoxy groups -OCH3 is 1. The van der Waals surface area contributed by atoms with E-state index >= 15 is 0 Å². The van der Waals surface area contributed by atoms with Crippen LogP contribution in [0.4, 0.5) is 11.9 Å². The molecule has 5 aromatic rings. The van der Waals surface area contributed by atoms with Crippen molar-refractivity contribution in [2.24, 2.45) is 27.9 Å². The van der Waals surface area contributed by atoms with Crippen LogP contribution in [0, 0.1) is 6.92 Å². The van der Waals surface area contributed by atoms with Gasteiger partial charge in [-0.2, -0.15) is 0 Å². The minimum absolute atomic E-state index is 0.0109. The van der Waals surface area contributed by atoms with Gasteiger partial charge in [-0.1, -0.05) is 32.9 Å². The maximum absolute atomic E-state index is 13.9. The van der Waals surface area contributed by atoms with Crippen molar-refractivity contribution in [2.45, 2.75) is 97.7 Å². The SMILES string of the molecule is CC.CCN=C(/C=C(/C)N)C(=O)Nc1nc2cc(C(N)=O)cc(OC)c2n1C/C=C/Cn1c(NC(=O)c2oc(C)nc2CC)nc2cc(C(N)=O)cc(OCCCOC3CN(C(=O)CCN4C(=O)CC(SCC(N)C(=O)O)C4=O)C3)c21. The number of nitrogens with two attached hydrogens (primary N) is 4. The molecular formula is C53H68N14O13S. The van der Waals surface area contributed by atoms with E-state index in [1.54, 1.807) is 47.0 Å². The Kier molecular flexibility index (Phi) is 21.3. The number of aliphatic imine (C=N–C) groups is 1. The van der Waals surface area contributed by atoms with Gasteiger partial charge >= 0.3 is 5.97 Å². The fourth-order valence-electron chi connectivity index (χ4n) is 8.61. The molecule has 0 spiro atoms. The number of carboxylic acid groups (broad SMARTS) is 1. The van der Waals surface area contributed by atoms with Crippen LogP contribution in [0.25, 0.3) is 22.1 Å². The number of amides is 7. The van der Waals surface area contributed by atoms with E-state index in [2.05, 4.69) is 25.6 Å². The number of likely N-dealkylation sites (tertiary alicyclic amines) is 2. The van der Waals surface area contributed by atoms with Gasteiger partial charge in [0.2, 0.25) is 47.2 Å². The van der Waals surface area contributed by atoms with Gasteiger partial charge in [0.25, 0.3) is 11.8 Å². The molecule has 0 saturated carbocycles. The molecule has 27 nitrogen and oxygen atoms in total. The first-order chi connectivity index (χ1) is 38.7. The number of nitrogens with one attached hydrogen (secondary N) is 2. The molecule has 0 aliphatic carbocycles. The fraction of sp³-hybridized carbons (Fsp3) is 0.434. The first-order valence-electron chi connectivity index (χ1n) is 26.1. The zero-order valence-corrected chi connectivity index (χ0v) is 46.9. The molecule has 434 valence electrons. The van der Waals surface area contributed by atoms with Gasteiger partial charge in [-0.3, -0.25) is 58.9 Å². The van der Waals surface area contributed by atoms with Crippen molar-refractivity contribution >= 4 is 98.8 Å². The molecule has 2 unspecified atom stereocenters. The molecule has 28 heteroatoms. The number of anilines is 2. The van der Waals surface area contributed by atoms with Crippen molar-refractivity contribution in [3.05, 3.63) is 76.7 Å². The van der Waals surface area contributed by atoms with Crippen LogP contribution in [0.15, 0.2) is 57.6 Å². The number of imide groups is 1. The largest absolute Gasteiger partial charge is 0.494 e. The molecule has 2 aliphatic heterocycles. The van der Waals surface area contributed by atoms with Crippen molar-refractivity contribution in [3.63, 3.8) is 0 Å². The first-order valence-corrected chi connectivity index (χ1v) is 27.2. The van der Waals surface area contributed by atoms with E-state index in [1.807, 2.05) is 20.8 Å². The number of carbonyl (C=O) groups is 8. The van der Waals surface area contributed by atoms with E-state index in [0.29, 0.717) is 54.9 Å². The number of oxazole rings is 1. The predicted octanol–water partition coefficient (Wildman–Crippen LogP) is 2.91. The van der Waals surface area contributed by atoms with E-state index in [1.165, 1.54) is 37.5 Å². The molecule has 3 aromatic heterocycles. The molecule has 7 rings (SSSR count). The Morgan fingerprint density at radius 2 is 1.51 bits per heavy atom. The summed E-state index contributed by atoms with van der Waals surface area (Å²) < 4.78 is 27.0. The fourth-order valence-corrected chi connectivity index (χ4v) is 9.72. The zero-order valence-electron chi connectivity index (χ0n) is 46.1. The number of benzene rings is 2. The Morgan fingerprint density at radius 3 is 2.07 bits per heavy atom. The summed E-state index contributed by atoms with van der Waals surface area (Å²) >= 11 is 1.01. The Hall–Kier alpha value is -8.63. The number of thioether (sulfide) groups is 1. The molecule has 2 saturated heterocycles. The number of aromatic nitrogens is 5. The Morgan fingerprint density at radius 1 is 0.901 bits per heavy atom. The minimum Gasteiger partial charge on any atom is -0.494 e. The number of rotatable bonds is 27. The second kappa shape index (κ2) is 28.0. The van der Waals surface area contributed by atoms with Crippen LogP contribution in [0.1, 0.15) is 96.7 Å². The summed E-state index contributed by atoms with van der Waals surface area (Å²) in [5, 5.41) is 13.9. The molecule has 0 bridgehead atoms. The number of carboxylic acids is 1. The summed E-state index contributed by atoms with van der Waals surface area (Å²) in [5.74, 6) is -4.29. The minimum atomic E-state index is -1.21. The lowest BCUT2D eigenvalue weighted by molar-refractivity contribution is -0.146. The highest BCUT2D eigenvalue weighted by atomic mass is 32.2. The summed E-state index contributed by atoms with van der Waals surface area (Å²) in [6.45, 7) is 12.0.